The summed E-state index contributed by atoms with van der Waals surface area (Å²) in [4.78, 5) is 5.44. The maximum atomic E-state index is 8.34. The molecule has 70 valence electrons. The quantitative estimate of drug-likeness (QED) is 0.360. The molecule has 1 aliphatic carbocycles. The van der Waals surface area contributed by atoms with Gasteiger partial charge in [0.2, 0.25) is 0 Å². The molecule has 3 saturated heterocycles. The minimum Gasteiger partial charge on any atom is -0.302 e. The molecule has 2 unspecified atom stereocenters. The van der Waals surface area contributed by atoms with E-state index < -0.39 is 0 Å². The Balaban J connectivity index is 1.83. The summed E-state index contributed by atoms with van der Waals surface area (Å²) in [7, 11) is 0. The van der Waals surface area contributed by atoms with Gasteiger partial charge in [0, 0.05) is 31.1 Å². The fourth-order valence-electron chi connectivity index (χ4n) is 3.79. The first-order valence-electron chi connectivity index (χ1n) is 5.05. The predicted molar refractivity (Wildman–Crippen MR) is 49.1 cm³/mol. The van der Waals surface area contributed by atoms with E-state index in [0.29, 0.717) is 5.41 Å². The molecule has 0 amide bonds. The van der Waals surface area contributed by atoms with Gasteiger partial charge in [0.1, 0.15) is 0 Å². The summed E-state index contributed by atoms with van der Waals surface area (Å²) in [6.07, 6.45) is 2.63. The van der Waals surface area contributed by atoms with Crippen LogP contribution in [0.5, 0.6) is 0 Å². The second kappa shape index (κ2) is 2.40. The van der Waals surface area contributed by atoms with E-state index in [-0.39, 0.29) is 0 Å². The minimum absolute atomic E-state index is 0.373. The van der Waals surface area contributed by atoms with Crippen LogP contribution in [-0.4, -0.2) is 31.1 Å². The molecule has 4 atom stereocenters. The number of hydrogen-bond acceptors (Lipinski definition) is 2. The average Bonchev–Trinajstić information content (AvgIpc) is 2.51. The second-order valence-corrected chi connectivity index (χ2v) is 5.01. The SMILES string of the molecule is [N-]=[N+]=NCC12C[C@H]3CN(C[C@H]3C1)C2. The normalized spacial score (nSPS) is 50.9. The standard InChI is InChI=1S/C9H14N4/c10-12-11-5-9-1-7-3-13(6-9)4-8(7)2-9/h7-8H,1-6H2/t7-,8+,9?. The summed E-state index contributed by atoms with van der Waals surface area (Å²) in [6.45, 7) is 4.53. The zero-order chi connectivity index (χ0) is 8.89. The maximum absolute atomic E-state index is 8.34. The molecule has 0 aromatic rings. The molecule has 0 aromatic carbocycles. The topological polar surface area (TPSA) is 52.0 Å². The highest BCUT2D eigenvalue weighted by atomic mass is 15.2. The van der Waals surface area contributed by atoms with Crippen molar-refractivity contribution in [3.05, 3.63) is 10.4 Å². The van der Waals surface area contributed by atoms with Crippen molar-refractivity contribution in [1.82, 2.24) is 4.90 Å². The number of piperidine rings is 2. The summed E-state index contributed by atoms with van der Waals surface area (Å²) in [5.41, 5.74) is 8.72. The van der Waals surface area contributed by atoms with Crippen molar-refractivity contribution in [3.63, 3.8) is 0 Å². The molecule has 4 heteroatoms. The van der Waals surface area contributed by atoms with E-state index in [2.05, 4.69) is 14.9 Å². The summed E-state index contributed by atoms with van der Waals surface area (Å²) >= 11 is 0. The lowest BCUT2D eigenvalue weighted by atomic mass is 9.81. The van der Waals surface area contributed by atoms with Crippen LogP contribution in [-0.2, 0) is 0 Å². The Bertz CT molecular complexity index is 262. The van der Waals surface area contributed by atoms with E-state index in [0.717, 1.165) is 18.4 Å². The van der Waals surface area contributed by atoms with Crippen LogP contribution < -0.4 is 0 Å². The van der Waals surface area contributed by atoms with Gasteiger partial charge in [-0.15, -0.1) is 0 Å². The first-order valence-corrected chi connectivity index (χ1v) is 5.05. The smallest absolute Gasteiger partial charge is 0.0326 e. The van der Waals surface area contributed by atoms with E-state index in [9.17, 15) is 0 Å². The van der Waals surface area contributed by atoms with Gasteiger partial charge >= 0.3 is 0 Å². The van der Waals surface area contributed by atoms with Crippen LogP contribution in [0, 0.1) is 17.3 Å². The van der Waals surface area contributed by atoms with Gasteiger partial charge in [-0.1, -0.05) is 5.11 Å². The van der Waals surface area contributed by atoms with Crippen molar-refractivity contribution >= 4 is 0 Å². The van der Waals surface area contributed by atoms with E-state index in [4.69, 9.17) is 5.53 Å². The van der Waals surface area contributed by atoms with Gasteiger partial charge in [0.15, 0.2) is 0 Å². The highest BCUT2D eigenvalue weighted by Gasteiger charge is 2.54. The summed E-state index contributed by atoms with van der Waals surface area (Å²) in [6, 6.07) is 0. The highest BCUT2D eigenvalue weighted by Crippen LogP contribution is 2.54. The van der Waals surface area contributed by atoms with Crippen molar-refractivity contribution in [3.8, 4) is 0 Å². The van der Waals surface area contributed by atoms with Crippen LogP contribution in [0.1, 0.15) is 12.8 Å². The fraction of sp³-hybridized carbons (Fsp3) is 1.00. The third-order valence-corrected chi connectivity index (χ3v) is 4.07. The minimum atomic E-state index is 0.373. The van der Waals surface area contributed by atoms with E-state index in [1.54, 1.807) is 0 Å². The second-order valence-electron chi connectivity index (χ2n) is 5.01. The number of nitrogens with zero attached hydrogens (tertiary/aromatic N) is 4. The summed E-state index contributed by atoms with van der Waals surface area (Å²) in [5, 5.41) is 3.77. The van der Waals surface area contributed by atoms with Crippen LogP contribution in [0.25, 0.3) is 10.4 Å². The molecule has 4 nitrogen and oxygen atoms in total. The lowest BCUT2D eigenvalue weighted by Crippen LogP contribution is -2.43. The molecule has 0 spiro atoms. The molecular formula is C9H14N4. The average molecular weight is 178 g/mol. The lowest BCUT2D eigenvalue weighted by Gasteiger charge is -2.39. The third-order valence-electron chi connectivity index (χ3n) is 4.07. The lowest BCUT2D eigenvalue weighted by molar-refractivity contribution is 0.108. The Labute approximate surface area is 77.5 Å². The molecule has 4 bridgehead atoms. The van der Waals surface area contributed by atoms with Crippen molar-refractivity contribution in [2.24, 2.45) is 22.4 Å². The molecule has 13 heavy (non-hydrogen) atoms. The van der Waals surface area contributed by atoms with Gasteiger partial charge in [0.05, 0.1) is 0 Å². The van der Waals surface area contributed by atoms with Gasteiger partial charge < -0.3 is 4.90 Å². The molecule has 4 fully saturated rings. The monoisotopic (exact) mass is 178 g/mol. The van der Waals surface area contributed by atoms with Crippen molar-refractivity contribution in [1.29, 1.82) is 0 Å². The Kier molecular flexibility index (Phi) is 1.41. The van der Waals surface area contributed by atoms with Crippen molar-refractivity contribution in [2.75, 3.05) is 26.2 Å². The third kappa shape index (κ3) is 0.990. The Morgan fingerprint density at radius 1 is 1.38 bits per heavy atom. The van der Waals surface area contributed by atoms with Gasteiger partial charge in [0.25, 0.3) is 0 Å². The van der Waals surface area contributed by atoms with Crippen molar-refractivity contribution in [2.45, 2.75) is 12.8 Å². The number of rotatable bonds is 2. The molecular weight excluding hydrogens is 164 g/mol. The van der Waals surface area contributed by atoms with Crippen LogP contribution in [0.4, 0.5) is 0 Å². The highest BCUT2D eigenvalue weighted by molar-refractivity contribution is 5.07. The van der Waals surface area contributed by atoms with Crippen LogP contribution >= 0.6 is 0 Å². The molecule has 0 N–H and O–H groups in total. The zero-order valence-electron chi connectivity index (χ0n) is 7.69. The number of hydrogen-bond donors (Lipinski definition) is 0. The van der Waals surface area contributed by atoms with E-state index in [1.165, 1.54) is 32.5 Å². The zero-order valence-corrected chi connectivity index (χ0v) is 7.69. The van der Waals surface area contributed by atoms with Crippen LogP contribution in [0.2, 0.25) is 0 Å². The van der Waals surface area contributed by atoms with Gasteiger partial charge in [-0.2, -0.15) is 0 Å². The largest absolute Gasteiger partial charge is 0.302 e. The predicted octanol–water partition coefficient (Wildman–Crippen LogP) is 1.64. The van der Waals surface area contributed by atoms with Gasteiger partial charge in [-0.25, -0.2) is 0 Å². The number of azide groups is 1. The molecule has 3 heterocycles. The molecule has 0 radical (unpaired) electrons. The molecule has 4 rings (SSSR count). The Morgan fingerprint density at radius 3 is 2.62 bits per heavy atom. The van der Waals surface area contributed by atoms with Crippen molar-refractivity contribution < 1.29 is 0 Å². The Hall–Kier alpha value is -0.730. The molecule has 4 aliphatic rings. The molecule has 1 saturated carbocycles. The molecule has 0 aromatic heterocycles. The first-order chi connectivity index (χ1) is 6.31. The van der Waals surface area contributed by atoms with E-state index >= 15 is 0 Å². The Morgan fingerprint density at radius 2 is 2.08 bits per heavy atom. The summed E-state index contributed by atoms with van der Waals surface area (Å²) in [5.74, 6) is 1.84. The fourth-order valence-corrected chi connectivity index (χ4v) is 3.79. The van der Waals surface area contributed by atoms with Gasteiger partial charge in [-0.05, 0) is 35.6 Å². The summed E-state index contributed by atoms with van der Waals surface area (Å²) < 4.78 is 0. The van der Waals surface area contributed by atoms with E-state index in [1.807, 2.05) is 0 Å². The molecule has 3 aliphatic heterocycles. The maximum Gasteiger partial charge on any atom is 0.0326 e. The van der Waals surface area contributed by atoms with Crippen LogP contribution in [0.15, 0.2) is 5.11 Å². The first kappa shape index (κ1) is 7.65. The van der Waals surface area contributed by atoms with Crippen LogP contribution in [0.3, 0.4) is 0 Å². The van der Waals surface area contributed by atoms with Gasteiger partial charge in [-0.3, -0.25) is 0 Å².